The number of aryl methyl sites for hydroxylation is 1. The number of carbonyl (C=O) groups is 2. The average Bonchev–Trinajstić information content (AvgIpc) is 3.36. The molecule has 11 nitrogen and oxygen atoms in total. The predicted octanol–water partition coefficient (Wildman–Crippen LogP) is 1.73. The van der Waals surface area contributed by atoms with E-state index in [-0.39, 0.29) is 42.5 Å². The van der Waals surface area contributed by atoms with E-state index < -0.39 is 27.7 Å². The highest BCUT2D eigenvalue weighted by atomic mass is 32.2. The second-order valence-electron chi connectivity index (χ2n) is 7.87. The summed E-state index contributed by atoms with van der Waals surface area (Å²) in [4.78, 5) is 40.4. The monoisotopic (exact) mass is 508 g/mol. The van der Waals surface area contributed by atoms with Gasteiger partial charge in [0.1, 0.15) is 0 Å². The fourth-order valence-electron chi connectivity index (χ4n) is 3.81. The maximum absolute atomic E-state index is 13.2. The number of hydrogen-bond donors (Lipinski definition) is 1. The smallest absolute Gasteiger partial charge is 0.419 e. The minimum Gasteiger partial charge on any atom is -0.466 e. The summed E-state index contributed by atoms with van der Waals surface area (Å²) in [5, 5.41) is 4.74. The van der Waals surface area contributed by atoms with Crippen molar-refractivity contribution < 1.29 is 27.2 Å². The lowest BCUT2D eigenvalue weighted by molar-refractivity contribution is -0.142. The first-order chi connectivity index (χ1) is 16.2. The van der Waals surface area contributed by atoms with E-state index in [2.05, 4.69) is 10.3 Å². The molecule has 1 aromatic carbocycles. The zero-order valence-corrected chi connectivity index (χ0v) is 20.3. The summed E-state index contributed by atoms with van der Waals surface area (Å²) in [6, 6.07) is 4.28. The van der Waals surface area contributed by atoms with Gasteiger partial charge in [0, 0.05) is 31.6 Å². The van der Waals surface area contributed by atoms with Crippen LogP contribution in [0.2, 0.25) is 0 Å². The van der Waals surface area contributed by atoms with Crippen LogP contribution in [0.25, 0.3) is 11.1 Å². The van der Waals surface area contributed by atoms with Gasteiger partial charge in [-0.05, 0) is 31.9 Å². The Bertz CT molecular complexity index is 1390. The average molecular weight is 509 g/mol. The Balaban J connectivity index is 1.44. The van der Waals surface area contributed by atoms with E-state index in [9.17, 15) is 22.8 Å². The lowest BCUT2D eigenvalue weighted by atomic mass is 9.99. The van der Waals surface area contributed by atoms with Gasteiger partial charge < -0.3 is 14.5 Å². The first kappa shape index (κ1) is 24.1. The van der Waals surface area contributed by atoms with E-state index in [0.717, 1.165) is 0 Å². The number of nitrogens with zero attached hydrogens (tertiary/aromatic N) is 3. The molecule has 182 valence electrons. The van der Waals surface area contributed by atoms with Crippen molar-refractivity contribution in [2.45, 2.75) is 31.1 Å². The van der Waals surface area contributed by atoms with Crippen molar-refractivity contribution in [1.29, 1.82) is 0 Å². The standard InChI is InChI=1S/C21H24N4O7S2/c1-3-31-18(26)9-14-12-33-20(22-14)23-19(27)13-5-4-8-25(11-13)34(29,30)15-6-7-16-17(10-15)32-21(28)24(16)2/h6-7,10,12-13H,3-5,8-9,11H2,1-2H3,(H,22,23,27)/t13-/m1/s1. The van der Waals surface area contributed by atoms with Gasteiger partial charge in [-0.15, -0.1) is 11.3 Å². The van der Waals surface area contributed by atoms with Gasteiger partial charge in [0.25, 0.3) is 0 Å². The minimum absolute atomic E-state index is 0.000983. The molecular weight excluding hydrogens is 484 g/mol. The lowest BCUT2D eigenvalue weighted by Crippen LogP contribution is -2.43. The molecule has 0 unspecified atom stereocenters. The van der Waals surface area contributed by atoms with Gasteiger partial charge in [-0.2, -0.15) is 4.31 Å². The van der Waals surface area contributed by atoms with E-state index in [1.165, 1.54) is 38.4 Å². The number of rotatable bonds is 7. The summed E-state index contributed by atoms with van der Waals surface area (Å²) in [6.45, 7) is 2.30. The number of carbonyl (C=O) groups excluding carboxylic acids is 2. The Hall–Kier alpha value is -3.03. The van der Waals surface area contributed by atoms with Gasteiger partial charge in [0.15, 0.2) is 10.7 Å². The Labute approximate surface area is 199 Å². The van der Waals surface area contributed by atoms with Gasteiger partial charge in [-0.25, -0.2) is 18.2 Å². The molecule has 1 amide bonds. The summed E-state index contributed by atoms with van der Waals surface area (Å²) in [6.07, 6.45) is 1.07. The zero-order valence-electron chi connectivity index (χ0n) is 18.6. The minimum atomic E-state index is -3.89. The van der Waals surface area contributed by atoms with Gasteiger partial charge in [0.05, 0.1) is 35.1 Å². The van der Waals surface area contributed by atoms with Crippen LogP contribution in [0.1, 0.15) is 25.5 Å². The fourth-order valence-corrected chi connectivity index (χ4v) is 6.06. The molecule has 1 aliphatic heterocycles. The summed E-state index contributed by atoms with van der Waals surface area (Å²) < 4.78 is 39.0. The van der Waals surface area contributed by atoms with Gasteiger partial charge in [0.2, 0.25) is 15.9 Å². The number of oxazole rings is 1. The van der Waals surface area contributed by atoms with Crippen LogP contribution in [0.15, 0.2) is 37.7 Å². The molecule has 3 heterocycles. The van der Waals surface area contributed by atoms with E-state index in [1.54, 1.807) is 19.4 Å². The third kappa shape index (κ3) is 4.91. The molecule has 2 aromatic heterocycles. The number of benzene rings is 1. The molecule has 0 saturated carbocycles. The maximum Gasteiger partial charge on any atom is 0.419 e. The van der Waals surface area contributed by atoms with Crippen molar-refractivity contribution in [3.05, 3.63) is 39.8 Å². The molecule has 0 aliphatic carbocycles. The number of piperidine rings is 1. The predicted molar refractivity (Wildman–Crippen MR) is 124 cm³/mol. The molecule has 1 fully saturated rings. The van der Waals surface area contributed by atoms with E-state index >= 15 is 0 Å². The second kappa shape index (κ2) is 9.68. The summed E-state index contributed by atoms with van der Waals surface area (Å²) >= 11 is 1.19. The molecule has 1 N–H and O–H groups in total. The first-order valence-electron chi connectivity index (χ1n) is 10.7. The van der Waals surface area contributed by atoms with Crippen LogP contribution in [0.3, 0.4) is 0 Å². The highest BCUT2D eigenvalue weighted by Gasteiger charge is 2.34. The van der Waals surface area contributed by atoms with Crippen molar-refractivity contribution >= 4 is 49.5 Å². The van der Waals surface area contributed by atoms with Gasteiger partial charge in [-0.3, -0.25) is 14.2 Å². The zero-order chi connectivity index (χ0) is 24.5. The number of thiazole rings is 1. The van der Waals surface area contributed by atoms with Crippen LogP contribution in [-0.2, 0) is 37.8 Å². The molecule has 0 radical (unpaired) electrons. The number of nitrogens with one attached hydrogen (secondary N) is 1. The molecule has 3 aromatic rings. The highest BCUT2D eigenvalue weighted by Crippen LogP contribution is 2.27. The van der Waals surface area contributed by atoms with Crippen LogP contribution in [0.5, 0.6) is 0 Å². The topological polar surface area (TPSA) is 141 Å². The fraction of sp³-hybridized carbons (Fsp3) is 0.429. The molecule has 1 aliphatic rings. The quantitative estimate of drug-likeness (QED) is 0.476. The number of fused-ring (bicyclic) bond motifs is 1. The number of hydrogen-bond acceptors (Lipinski definition) is 9. The lowest BCUT2D eigenvalue weighted by Gasteiger charge is -2.31. The van der Waals surface area contributed by atoms with Crippen molar-refractivity contribution in [2.24, 2.45) is 13.0 Å². The molecular formula is C21H24N4O7S2. The number of esters is 1. The summed E-state index contributed by atoms with van der Waals surface area (Å²) in [5.74, 6) is -1.86. The molecule has 13 heteroatoms. The molecule has 1 atom stereocenters. The number of anilines is 1. The largest absolute Gasteiger partial charge is 0.466 e. The number of amides is 1. The van der Waals surface area contributed by atoms with Gasteiger partial charge >= 0.3 is 11.7 Å². The van der Waals surface area contributed by atoms with E-state index in [4.69, 9.17) is 9.15 Å². The van der Waals surface area contributed by atoms with Crippen molar-refractivity contribution in [3.8, 4) is 0 Å². The Morgan fingerprint density at radius 3 is 2.91 bits per heavy atom. The normalized spacial score (nSPS) is 17.1. The maximum atomic E-state index is 13.2. The Morgan fingerprint density at radius 2 is 2.15 bits per heavy atom. The summed E-state index contributed by atoms with van der Waals surface area (Å²) in [7, 11) is -2.35. The molecule has 1 saturated heterocycles. The second-order valence-corrected chi connectivity index (χ2v) is 10.7. The number of sulfonamides is 1. The van der Waals surface area contributed by atoms with Crippen LogP contribution in [0.4, 0.5) is 5.13 Å². The number of ether oxygens (including phenoxy) is 1. The van der Waals surface area contributed by atoms with Crippen molar-refractivity contribution in [2.75, 3.05) is 25.0 Å². The highest BCUT2D eigenvalue weighted by molar-refractivity contribution is 7.89. The Morgan fingerprint density at radius 1 is 1.35 bits per heavy atom. The van der Waals surface area contributed by atoms with E-state index in [1.807, 2.05) is 0 Å². The molecule has 34 heavy (non-hydrogen) atoms. The molecule has 0 spiro atoms. The van der Waals surface area contributed by atoms with Crippen LogP contribution >= 0.6 is 11.3 Å². The van der Waals surface area contributed by atoms with Crippen LogP contribution < -0.4 is 11.1 Å². The van der Waals surface area contributed by atoms with Crippen molar-refractivity contribution in [1.82, 2.24) is 13.9 Å². The van der Waals surface area contributed by atoms with Crippen LogP contribution in [0, 0.1) is 5.92 Å². The third-order valence-corrected chi connectivity index (χ3v) is 8.24. The van der Waals surface area contributed by atoms with Crippen LogP contribution in [-0.4, -0.2) is 53.8 Å². The third-order valence-electron chi connectivity index (χ3n) is 5.57. The molecule has 4 rings (SSSR count). The SMILES string of the molecule is CCOC(=O)Cc1csc(NC(=O)[C@@H]2CCCN(S(=O)(=O)c3ccc4c(c3)oc(=O)n4C)C2)n1. The first-order valence-corrected chi connectivity index (χ1v) is 13.0. The number of aromatic nitrogens is 2. The Kier molecular flexibility index (Phi) is 6.86. The molecule has 0 bridgehead atoms. The summed E-state index contributed by atoms with van der Waals surface area (Å²) in [5.41, 5.74) is 1.17. The van der Waals surface area contributed by atoms with E-state index in [0.29, 0.717) is 29.2 Å². The van der Waals surface area contributed by atoms with Gasteiger partial charge in [-0.1, -0.05) is 0 Å². The van der Waals surface area contributed by atoms with Crippen molar-refractivity contribution in [3.63, 3.8) is 0 Å².